The highest BCUT2D eigenvalue weighted by molar-refractivity contribution is 7.07. The third kappa shape index (κ3) is 2.49. The van der Waals surface area contributed by atoms with E-state index in [4.69, 9.17) is 0 Å². The van der Waals surface area contributed by atoms with E-state index in [2.05, 4.69) is 21.9 Å². The van der Waals surface area contributed by atoms with Gasteiger partial charge < -0.3 is 9.88 Å². The van der Waals surface area contributed by atoms with E-state index in [0.717, 1.165) is 23.9 Å². The van der Waals surface area contributed by atoms with Crippen molar-refractivity contribution in [1.29, 1.82) is 0 Å². The Bertz CT molecular complexity index is 458. The van der Waals surface area contributed by atoms with Crippen LogP contribution in [0.2, 0.25) is 0 Å². The number of aryl methyl sites for hydroxylation is 1. The molecule has 2 aromatic rings. The second kappa shape index (κ2) is 4.94. The van der Waals surface area contributed by atoms with Gasteiger partial charge in [-0.25, -0.2) is 9.97 Å². The quantitative estimate of drug-likeness (QED) is 0.808. The van der Waals surface area contributed by atoms with Crippen LogP contribution >= 0.6 is 11.3 Å². The van der Waals surface area contributed by atoms with Gasteiger partial charge in [0.2, 0.25) is 5.95 Å². The summed E-state index contributed by atoms with van der Waals surface area (Å²) in [7, 11) is 0. The molecule has 2 aromatic heterocycles. The first-order valence-electron chi connectivity index (χ1n) is 5.05. The third-order valence-corrected chi connectivity index (χ3v) is 2.77. The highest BCUT2D eigenvalue weighted by Crippen LogP contribution is 2.10. The molecule has 0 aliphatic heterocycles. The minimum Gasteiger partial charge on any atom is -0.350 e. The summed E-state index contributed by atoms with van der Waals surface area (Å²) in [5.41, 5.74) is 3.87. The summed E-state index contributed by atoms with van der Waals surface area (Å²) in [6.45, 7) is 7.18. The van der Waals surface area contributed by atoms with Crippen molar-refractivity contribution in [2.75, 3.05) is 5.32 Å². The average molecular weight is 234 g/mol. The normalized spacial score (nSPS) is 10.3. The Hall–Kier alpha value is -1.62. The smallest absolute Gasteiger partial charge is 0.203 e. The molecule has 0 aliphatic carbocycles. The number of thiazole rings is 1. The van der Waals surface area contributed by atoms with Crippen LogP contribution in [0.5, 0.6) is 0 Å². The van der Waals surface area contributed by atoms with Crippen molar-refractivity contribution < 1.29 is 0 Å². The Balaban J connectivity index is 2.05. The van der Waals surface area contributed by atoms with E-state index in [-0.39, 0.29) is 0 Å². The first-order chi connectivity index (χ1) is 7.79. The molecule has 0 aromatic carbocycles. The van der Waals surface area contributed by atoms with Crippen LogP contribution in [-0.2, 0) is 13.1 Å². The van der Waals surface area contributed by atoms with Gasteiger partial charge in [-0.1, -0.05) is 6.08 Å². The summed E-state index contributed by atoms with van der Waals surface area (Å²) in [4.78, 5) is 8.62. The second-order valence-electron chi connectivity index (χ2n) is 3.48. The van der Waals surface area contributed by atoms with Crippen molar-refractivity contribution in [1.82, 2.24) is 14.5 Å². The zero-order chi connectivity index (χ0) is 11.4. The van der Waals surface area contributed by atoms with Gasteiger partial charge in [0.15, 0.2) is 0 Å². The first kappa shape index (κ1) is 10.9. The zero-order valence-electron chi connectivity index (χ0n) is 9.18. The summed E-state index contributed by atoms with van der Waals surface area (Å²) in [6.07, 6.45) is 3.86. The molecule has 2 heterocycles. The molecule has 0 fully saturated rings. The maximum absolute atomic E-state index is 4.41. The van der Waals surface area contributed by atoms with Crippen LogP contribution in [-0.4, -0.2) is 14.5 Å². The summed E-state index contributed by atoms with van der Waals surface area (Å²) >= 11 is 1.60. The summed E-state index contributed by atoms with van der Waals surface area (Å²) < 4.78 is 2.04. The molecule has 0 bridgehead atoms. The van der Waals surface area contributed by atoms with Crippen molar-refractivity contribution in [3.63, 3.8) is 0 Å². The lowest BCUT2D eigenvalue weighted by atomic mass is 10.5. The lowest BCUT2D eigenvalue weighted by Crippen LogP contribution is -2.06. The molecule has 0 amide bonds. The number of nitrogens with zero attached hydrogens (tertiary/aromatic N) is 3. The van der Waals surface area contributed by atoms with Crippen LogP contribution in [0, 0.1) is 6.92 Å². The number of allylic oxidation sites excluding steroid dienone is 1. The molecule has 2 rings (SSSR count). The van der Waals surface area contributed by atoms with Crippen LogP contribution < -0.4 is 5.32 Å². The molecule has 0 radical (unpaired) electrons. The number of rotatable bonds is 5. The molecule has 0 saturated heterocycles. The van der Waals surface area contributed by atoms with Gasteiger partial charge in [-0.2, -0.15) is 0 Å². The first-order valence-corrected chi connectivity index (χ1v) is 5.99. The predicted molar refractivity (Wildman–Crippen MR) is 66.6 cm³/mol. The van der Waals surface area contributed by atoms with E-state index in [1.165, 1.54) is 0 Å². The largest absolute Gasteiger partial charge is 0.350 e. The Kier molecular flexibility index (Phi) is 3.36. The fraction of sp³-hybridized carbons (Fsp3) is 0.273. The van der Waals surface area contributed by atoms with Gasteiger partial charge in [0.25, 0.3) is 0 Å². The zero-order valence-corrected chi connectivity index (χ0v) is 10.00. The molecule has 84 valence electrons. The second-order valence-corrected chi connectivity index (χ2v) is 4.20. The molecule has 16 heavy (non-hydrogen) atoms. The van der Waals surface area contributed by atoms with E-state index in [0.29, 0.717) is 6.54 Å². The predicted octanol–water partition coefficient (Wildman–Crippen LogP) is 2.45. The topological polar surface area (TPSA) is 42.7 Å². The molecule has 4 nitrogen and oxygen atoms in total. The fourth-order valence-electron chi connectivity index (χ4n) is 1.46. The maximum Gasteiger partial charge on any atom is 0.203 e. The molecule has 1 N–H and O–H groups in total. The molecular weight excluding hydrogens is 220 g/mol. The molecule has 0 atom stereocenters. The van der Waals surface area contributed by atoms with Gasteiger partial charge >= 0.3 is 0 Å². The van der Waals surface area contributed by atoms with Crippen molar-refractivity contribution >= 4 is 17.3 Å². The summed E-state index contributed by atoms with van der Waals surface area (Å²) in [5, 5.41) is 5.30. The van der Waals surface area contributed by atoms with Crippen molar-refractivity contribution in [2.45, 2.75) is 20.0 Å². The molecule has 0 spiro atoms. The Morgan fingerprint density at radius 1 is 1.62 bits per heavy atom. The van der Waals surface area contributed by atoms with Crippen LogP contribution in [0.3, 0.4) is 0 Å². The average Bonchev–Trinajstić information content (AvgIpc) is 2.86. The number of anilines is 1. The standard InChI is InChI=1S/C11H14N4S/c1-3-4-15-6-9(2)14-11(15)12-5-10-7-16-8-13-10/h3,6-8H,1,4-5H2,2H3,(H,12,14). The third-order valence-electron chi connectivity index (χ3n) is 2.13. The molecule has 0 aliphatic rings. The van der Waals surface area contributed by atoms with Crippen molar-refractivity contribution in [2.24, 2.45) is 0 Å². The van der Waals surface area contributed by atoms with E-state index in [9.17, 15) is 0 Å². The van der Waals surface area contributed by atoms with Crippen molar-refractivity contribution in [3.8, 4) is 0 Å². The number of aromatic nitrogens is 3. The summed E-state index contributed by atoms with van der Waals surface area (Å²) in [6, 6.07) is 0. The monoisotopic (exact) mass is 234 g/mol. The summed E-state index contributed by atoms with van der Waals surface area (Å²) in [5.74, 6) is 0.866. The van der Waals surface area contributed by atoms with Crippen LogP contribution in [0.15, 0.2) is 29.7 Å². The minimum absolute atomic E-state index is 0.705. The van der Waals surface area contributed by atoms with Crippen LogP contribution in [0.25, 0.3) is 0 Å². The van der Waals surface area contributed by atoms with Crippen LogP contribution in [0.4, 0.5) is 5.95 Å². The minimum atomic E-state index is 0.705. The lowest BCUT2D eigenvalue weighted by Gasteiger charge is -2.05. The van der Waals surface area contributed by atoms with Gasteiger partial charge in [0, 0.05) is 18.1 Å². The number of imidazole rings is 1. The molecular formula is C11H14N4S. The SMILES string of the molecule is C=CCn1cc(C)nc1NCc1cscn1. The number of hydrogen-bond acceptors (Lipinski definition) is 4. The van der Waals surface area contributed by atoms with Crippen molar-refractivity contribution in [3.05, 3.63) is 41.1 Å². The number of hydrogen-bond donors (Lipinski definition) is 1. The highest BCUT2D eigenvalue weighted by Gasteiger charge is 2.04. The molecule has 5 heteroatoms. The Morgan fingerprint density at radius 3 is 3.19 bits per heavy atom. The van der Waals surface area contributed by atoms with Gasteiger partial charge in [-0.05, 0) is 6.92 Å². The number of nitrogens with one attached hydrogen (secondary N) is 1. The fourth-order valence-corrected chi connectivity index (χ4v) is 2.02. The Morgan fingerprint density at radius 2 is 2.50 bits per heavy atom. The van der Waals surface area contributed by atoms with E-state index < -0.39 is 0 Å². The van der Waals surface area contributed by atoms with E-state index in [1.54, 1.807) is 11.3 Å². The lowest BCUT2D eigenvalue weighted by molar-refractivity contribution is 0.817. The van der Waals surface area contributed by atoms with Gasteiger partial charge in [0.05, 0.1) is 23.4 Å². The van der Waals surface area contributed by atoms with Gasteiger partial charge in [0.1, 0.15) is 0 Å². The van der Waals surface area contributed by atoms with E-state index in [1.807, 2.05) is 34.7 Å². The van der Waals surface area contributed by atoms with Gasteiger partial charge in [-0.3, -0.25) is 0 Å². The van der Waals surface area contributed by atoms with Gasteiger partial charge in [-0.15, -0.1) is 17.9 Å². The maximum atomic E-state index is 4.41. The molecule has 0 unspecified atom stereocenters. The van der Waals surface area contributed by atoms with E-state index >= 15 is 0 Å². The van der Waals surface area contributed by atoms with Crippen LogP contribution in [0.1, 0.15) is 11.4 Å². The Labute approximate surface area is 98.7 Å². The highest BCUT2D eigenvalue weighted by atomic mass is 32.1. The molecule has 0 saturated carbocycles.